The Labute approximate surface area is 127 Å². The molecule has 0 saturated carbocycles. The summed E-state index contributed by atoms with van der Waals surface area (Å²) in [6, 6.07) is 7.49. The van der Waals surface area contributed by atoms with E-state index in [0.717, 1.165) is 29.3 Å². The highest BCUT2D eigenvalue weighted by Gasteiger charge is 2.36. The Morgan fingerprint density at radius 1 is 1.38 bits per heavy atom. The number of carboxylic acid groups (broad SMARTS) is 1. The summed E-state index contributed by atoms with van der Waals surface area (Å²) in [5, 5.41) is 12.7. The molecule has 2 unspecified atom stereocenters. The summed E-state index contributed by atoms with van der Waals surface area (Å²) in [7, 11) is 0. The molecular formula is C15H18N2O3S. The number of fused-ring (bicyclic) bond motifs is 1. The Kier molecular flexibility index (Phi) is 4.17. The van der Waals surface area contributed by atoms with Gasteiger partial charge in [0, 0.05) is 42.7 Å². The third kappa shape index (κ3) is 2.91. The maximum absolute atomic E-state index is 12.5. The van der Waals surface area contributed by atoms with Gasteiger partial charge in [-0.1, -0.05) is 18.2 Å². The smallest absolute Gasteiger partial charge is 0.312 e. The van der Waals surface area contributed by atoms with Crippen molar-refractivity contribution >= 4 is 29.3 Å². The van der Waals surface area contributed by atoms with Crippen molar-refractivity contribution in [2.24, 2.45) is 0 Å². The number of benzene rings is 1. The molecule has 21 heavy (non-hydrogen) atoms. The van der Waals surface area contributed by atoms with Gasteiger partial charge in [0.25, 0.3) is 0 Å². The van der Waals surface area contributed by atoms with Crippen molar-refractivity contribution in [2.45, 2.75) is 18.4 Å². The zero-order valence-electron chi connectivity index (χ0n) is 11.6. The summed E-state index contributed by atoms with van der Waals surface area (Å²) in [5.41, 5.74) is 1.49. The second kappa shape index (κ2) is 6.07. The van der Waals surface area contributed by atoms with Crippen molar-refractivity contribution in [3.8, 4) is 0 Å². The van der Waals surface area contributed by atoms with Crippen LogP contribution in [0, 0.1) is 0 Å². The van der Waals surface area contributed by atoms with Crippen molar-refractivity contribution in [1.82, 2.24) is 5.32 Å². The first-order valence-electron chi connectivity index (χ1n) is 7.10. The number of nitrogens with one attached hydrogen (secondary N) is 1. The monoisotopic (exact) mass is 306 g/mol. The molecule has 3 rings (SSSR count). The molecule has 0 bridgehead atoms. The predicted octanol–water partition coefficient (Wildman–Crippen LogP) is 1.30. The van der Waals surface area contributed by atoms with Gasteiger partial charge in [-0.15, -0.1) is 0 Å². The molecule has 6 heteroatoms. The van der Waals surface area contributed by atoms with E-state index in [1.165, 1.54) is 0 Å². The number of carbonyl (C=O) groups excluding carboxylic acids is 1. The number of rotatable bonds is 3. The van der Waals surface area contributed by atoms with Crippen LogP contribution in [0.2, 0.25) is 0 Å². The number of para-hydroxylation sites is 1. The van der Waals surface area contributed by atoms with Gasteiger partial charge in [-0.05, 0) is 11.6 Å². The minimum atomic E-state index is -0.871. The maximum Gasteiger partial charge on any atom is 0.312 e. The van der Waals surface area contributed by atoms with Crippen LogP contribution in [0.4, 0.5) is 5.69 Å². The lowest BCUT2D eigenvalue weighted by Gasteiger charge is -2.25. The number of nitrogens with zero attached hydrogens (tertiary/aromatic N) is 1. The van der Waals surface area contributed by atoms with E-state index >= 15 is 0 Å². The van der Waals surface area contributed by atoms with Crippen LogP contribution in [0.5, 0.6) is 0 Å². The number of carbonyl (C=O) groups is 2. The average Bonchev–Trinajstić information content (AvgIpc) is 2.88. The highest BCUT2D eigenvalue weighted by atomic mass is 32.2. The summed E-state index contributed by atoms with van der Waals surface area (Å²) < 4.78 is 0. The Morgan fingerprint density at radius 2 is 2.19 bits per heavy atom. The van der Waals surface area contributed by atoms with Crippen LogP contribution in [-0.2, 0) is 9.59 Å². The summed E-state index contributed by atoms with van der Waals surface area (Å²) in [5.74, 6) is 0.538. The van der Waals surface area contributed by atoms with E-state index in [2.05, 4.69) is 5.32 Å². The molecule has 2 aliphatic heterocycles. The highest BCUT2D eigenvalue weighted by molar-refractivity contribution is 7.99. The van der Waals surface area contributed by atoms with E-state index < -0.39 is 11.9 Å². The lowest BCUT2D eigenvalue weighted by atomic mass is 10.0. The van der Waals surface area contributed by atoms with Gasteiger partial charge in [0.1, 0.15) is 5.92 Å². The van der Waals surface area contributed by atoms with Gasteiger partial charge >= 0.3 is 5.97 Å². The minimum absolute atomic E-state index is 0.00574. The van der Waals surface area contributed by atoms with Crippen molar-refractivity contribution < 1.29 is 14.7 Å². The topological polar surface area (TPSA) is 69.6 Å². The van der Waals surface area contributed by atoms with Gasteiger partial charge < -0.3 is 15.3 Å². The SMILES string of the molecule is O=C(O)C1CN(C(=O)CC2CSCCN2)c2ccccc21. The fraction of sp³-hybridized carbons (Fsp3) is 0.467. The third-order valence-corrected chi connectivity index (χ3v) is 5.12. The Balaban J connectivity index is 1.76. The van der Waals surface area contributed by atoms with E-state index in [-0.39, 0.29) is 18.5 Å². The molecule has 1 aromatic rings. The van der Waals surface area contributed by atoms with Crippen LogP contribution in [0.25, 0.3) is 0 Å². The molecule has 112 valence electrons. The molecule has 2 N–H and O–H groups in total. The highest BCUT2D eigenvalue weighted by Crippen LogP contribution is 2.36. The molecule has 0 spiro atoms. The zero-order chi connectivity index (χ0) is 14.8. The van der Waals surface area contributed by atoms with Crippen molar-refractivity contribution in [3.63, 3.8) is 0 Å². The second-order valence-electron chi connectivity index (χ2n) is 5.38. The third-order valence-electron chi connectivity index (χ3n) is 3.99. The first kappa shape index (κ1) is 14.4. The fourth-order valence-electron chi connectivity index (χ4n) is 2.93. The van der Waals surface area contributed by atoms with E-state index in [1.54, 1.807) is 11.0 Å². The van der Waals surface area contributed by atoms with E-state index in [4.69, 9.17) is 0 Å². The molecular weight excluding hydrogens is 288 g/mol. The number of anilines is 1. The summed E-state index contributed by atoms with van der Waals surface area (Å²) in [6.45, 7) is 1.17. The Bertz CT molecular complexity index is 558. The molecule has 1 saturated heterocycles. The summed E-state index contributed by atoms with van der Waals surface area (Å²) in [6.07, 6.45) is 0.424. The molecule has 0 aliphatic carbocycles. The van der Waals surface area contributed by atoms with E-state index in [9.17, 15) is 14.7 Å². The minimum Gasteiger partial charge on any atom is -0.481 e. The normalized spacial score (nSPS) is 24.7. The lowest BCUT2D eigenvalue weighted by molar-refractivity contribution is -0.138. The molecule has 1 fully saturated rings. The summed E-state index contributed by atoms with van der Waals surface area (Å²) >= 11 is 1.85. The molecule has 2 aliphatic rings. The lowest BCUT2D eigenvalue weighted by Crippen LogP contribution is -2.42. The van der Waals surface area contributed by atoms with Gasteiger partial charge in [0.05, 0.1) is 0 Å². The number of amides is 1. The van der Waals surface area contributed by atoms with Crippen LogP contribution < -0.4 is 10.2 Å². The van der Waals surface area contributed by atoms with E-state index in [1.807, 2.05) is 30.0 Å². The average molecular weight is 306 g/mol. The number of aliphatic carboxylic acids is 1. The molecule has 0 aromatic heterocycles. The van der Waals surface area contributed by atoms with Gasteiger partial charge in [0.15, 0.2) is 0 Å². The summed E-state index contributed by atoms with van der Waals surface area (Å²) in [4.78, 5) is 25.5. The van der Waals surface area contributed by atoms with Crippen molar-refractivity contribution in [1.29, 1.82) is 0 Å². The number of hydrogen-bond donors (Lipinski definition) is 2. The quantitative estimate of drug-likeness (QED) is 0.881. The van der Waals surface area contributed by atoms with Crippen LogP contribution in [-0.4, -0.2) is 47.6 Å². The van der Waals surface area contributed by atoms with Crippen LogP contribution in [0.15, 0.2) is 24.3 Å². The molecule has 1 amide bonds. The molecule has 5 nitrogen and oxygen atoms in total. The van der Waals surface area contributed by atoms with Gasteiger partial charge in [-0.25, -0.2) is 0 Å². The van der Waals surface area contributed by atoms with Crippen LogP contribution >= 0.6 is 11.8 Å². The fourth-order valence-corrected chi connectivity index (χ4v) is 3.88. The largest absolute Gasteiger partial charge is 0.481 e. The van der Waals surface area contributed by atoms with Crippen molar-refractivity contribution in [3.05, 3.63) is 29.8 Å². The van der Waals surface area contributed by atoms with Crippen molar-refractivity contribution in [2.75, 3.05) is 29.5 Å². The second-order valence-corrected chi connectivity index (χ2v) is 6.53. The zero-order valence-corrected chi connectivity index (χ0v) is 12.4. The first-order valence-corrected chi connectivity index (χ1v) is 8.25. The van der Waals surface area contributed by atoms with Crippen LogP contribution in [0.1, 0.15) is 17.9 Å². The molecule has 2 atom stereocenters. The number of hydrogen-bond acceptors (Lipinski definition) is 4. The molecule has 0 radical (unpaired) electrons. The molecule has 2 heterocycles. The van der Waals surface area contributed by atoms with Gasteiger partial charge in [-0.3, -0.25) is 9.59 Å². The standard InChI is InChI=1S/C15H18N2O3S/c18-14(7-10-9-21-6-5-16-10)17-8-12(15(19)20)11-3-1-2-4-13(11)17/h1-4,10,12,16H,5-9H2,(H,19,20). The Morgan fingerprint density at radius 3 is 2.90 bits per heavy atom. The first-order chi connectivity index (χ1) is 10.2. The molecule has 1 aromatic carbocycles. The van der Waals surface area contributed by atoms with Gasteiger partial charge in [0.2, 0.25) is 5.91 Å². The Hall–Kier alpha value is -1.53. The van der Waals surface area contributed by atoms with Crippen LogP contribution in [0.3, 0.4) is 0 Å². The van der Waals surface area contributed by atoms with Gasteiger partial charge in [-0.2, -0.15) is 11.8 Å². The van der Waals surface area contributed by atoms with E-state index in [0.29, 0.717) is 6.42 Å². The maximum atomic E-state index is 12.5. The predicted molar refractivity (Wildman–Crippen MR) is 82.9 cm³/mol. The number of thioether (sulfide) groups is 1. The number of carboxylic acids is 1.